The molecule has 2 aromatic carbocycles. The van der Waals surface area contributed by atoms with Crippen molar-refractivity contribution in [3.8, 4) is 22.5 Å². The molecular weight excluding hydrogens is 348 g/mol. The van der Waals surface area contributed by atoms with Crippen molar-refractivity contribution < 1.29 is 9.63 Å². The molecule has 4 heteroatoms. The van der Waals surface area contributed by atoms with Crippen molar-refractivity contribution in [3.63, 3.8) is 0 Å². The molecule has 146 valence electrons. The highest BCUT2D eigenvalue weighted by Gasteiger charge is 2.20. The van der Waals surface area contributed by atoms with E-state index >= 15 is 0 Å². The van der Waals surface area contributed by atoms with Gasteiger partial charge in [-0.3, -0.25) is 0 Å². The molecule has 1 aliphatic carbocycles. The summed E-state index contributed by atoms with van der Waals surface area (Å²) >= 11 is 0. The van der Waals surface area contributed by atoms with Crippen LogP contribution in [0.2, 0.25) is 0 Å². The van der Waals surface area contributed by atoms with Gasteiger partial charge < -0.3 is 14.9 Å². The third-order valence-electron chi connectivity index (χ3n) is 5.89. The molecule has 0 bridgehead atoms. The fourth-order valence-electron chi connectivity index (χ4n) is 4.41. The van der Waals surface area contributed by atoms with Crippen LogP contribution < -0.4 is 5.32 Å². The minimum Gasteiger partial charge on any atom is -0.396 e. The molecule has 1 aliphatic rings. The van der Waals surface area contributed by atoms with E-state index < -0.39 is 0 Å². The Kier molecular flexibility index (Phi) is 5.49. The van der Waals surface area contributed by atoms with E-state index in [4.69, 9.17) is 9.63 Å². The van der Waals surface area contributed by atoms with Crippen LogP contribution in [0.4, 0.5) is 5.69 Å². The number of benzene rings is 2. The molecule has 3 aromatic rings. The van der Waals surface area contributed by atoms with Gasteiger partial charge in [-0.1, -0.05) is 47.6 Å². The van der Waals surface area contributed by atoms with Gasteiger partial charge in [0.1, 0.15) is 11.4 Å². The molecule has 4 nitrogen and oxygen atoms in total. The quantitative estimate of drug-likeness (QED) is 0.592. The van der Waals surface area contributed by atoms with Crippen molar-refractivity contribution in [1.82, 2.24) is 5.16 Å². The summed E-state index contributed by atoms with van der Waals surface area (Å²) in [5, 5.41) is 16.4. The molecule has 0 aliphatic heterocycles. The number of fused-ring (bicyclic) bond motifs is 1. The van der Waals surface area contributed by atoms with E-state index in [9.17, 15) is 0 Å². The van der Waals surface area contributed by atoms with Gasteiger partial charge in [-0.25, -0.2) is 0 Å². The van der Waals surface area contributed by atoms with Crippen LogP contribution in [0, 0.1) is 6.92 Å². The number of anilines is 1. The number of aliphatic hydroxyl groups is 1. The van der Waals surface area contributed by atoms with E-state index in [2.05, 4.69) is 52.9 Å². The molecule has 28 heavy (non-hydrogen) atoms. The minimum absolute atomic E-state index is 0.288. The Balaban J connectivity index is 1.60. The van der Waals surface area contributed by atoms with Gasteiger partial charge in [0.15, 0.2) is 5.76 Å². The lowest BCUT2D eigenvalue weighted by atomic mass is 9.79. The predicted molar refractivity (Wildman–Crippen MR) is 114 cm³/mol. The van der Waals surface area contributed by atoms with Gasteiger partial charge in [0, 0.05) is 19.2 Å². The van der Waals surface area contributed by atoms with Crippen LogP contribution in [-0.4, -0.2) is 23.9 Å². The van der Waals surface area contributed by atoms with E-state index in [1.165, 1.54) is 35.1 Å². The van der Waals surface area contributed by atoms with Crippen LogP contribution in [-0.2, 0) is 6.42 Å². The highest BCUT2D eigenvalue weighted by molar-refractivity contribution is 5.76. The van der Waals surface area contributed by atoms with Gasteiger partial charge in [0.25, 0.3) is 0 Å². The third kappa shape index (κ3) is 3.57. The van der Waals surface area contributed by atoms with Crippen LogP contribution >= 0.6 is 0 Å². The molecule has 0 radical (unpaired) electrons. The van der Waals surface area contributed by atoms with Crippen molar-refractivity contribution >= 4 is 5.69 Å². The summed E-state index contributed by atoms with van der Waals surface area (Å²) in [4.78, 5) is 0. The SMILES string of the molecule is CNc1c(C)noc1-c1ccc(-c2ccc3c(c2)CCCC3CCCO)cc1. The van der Waals surface area contributed by atoms with Crippen LogP contribution in [0.25, 0.3) is 22.5 Å². The fourth-order valence-corrected chi connectivity index (χ4v) is 4.41. The Morgan fingerprint density at radius 2 is 1.86 bits per heavy atom. The van der Waals surface area contributed by atoms with Gasteiger partial charge in [-0.2, -0.15) is 0 Å². The van der Waals surface area contributed by atoms with Crippen molar-refractivity contribution in [3.05, 3.63) is 59.3 Å². The molecule has 0 saturated carbocycles. The lowest BCUT2D eigenvalue weighted by Gasteiger charge is -2.26. The van der Waals surface area contributed by atoms with Crippen molar-refractivity contribution in [2.24, 2.45) is 0 Å². The average Bonchev–Trinajstić information content (AvgIpc) is 3.12. The molecule has 0 fully saturated rings. The molecule has 1 aromatic heterocycles. The largest absolute Gasteiger partial charge is 0.396 e. The van der Waals surface area contributed by atoms with E-state index in [0.717, 1.165) is 42.0 Å². The topological polar surface area (TPSA) is 58.3 Å². The van der Waals surface area contributed by atoms with E-state index in [0.29, 0.717) is 5.92 Å². The second kappa shape index (κ2) is 8.19. The summed E-state index contributed by atoms with van der Waals surface area (Å²) < 4.78 is 5.51. The zero-order valence-corrected chi connectivity index (χ0v) is 16.7. The summed E-state index contributed by atoms with van der Waals surface area (Å²) in [5.74, 6) is 1.38. The molecular formula is C24H28N2O2. The molecule has 0 spiro atoms. The van der Waals surface area contributed by atoms with Crippen LogP contribution in [0.15, 0.2) is 47.0 Å². The highest BCUT2D eigenvalue weighted by Crippen LogP contribution is 2.37. The lowest BCUT2D eigenvalue weighted by Crippen LogP contribution is -2.10. The third-order valence-corrected chi connectivity index (χ3v) is 5.89. The van der Waals surface area contributed by atoms with E-state index in [1.54, 1.807) is 0 Å². The first-order valence-electron chi connectivity index (χ1n) is 10.2. The minimum atomic E-state index is 0.288. The summed E-state index contributed by atoms with van der Waals surface area (Å²) in [6.07, 6.45) is 5.61. The zero-order chi connectivity index (χ0) is 19.5. The first-order chi connectivity index (χ1) is 13.7. The molecule has 4 rings (SSSR count). The van der Waals surface area contributed by atoms with E-state index in [-0.39, 0.29) is 6.61 Å². The Bertz CT molecular complexity index is 944. The predicted octanol–water partition coefficient (Wildman–Crippen LogP) is 5.55. The van der Waals surface area contributed by atoms with Crippen LogP contribution in [0.1, 0.15) is 48.4 Å². The lowest BCUT2D eigenvalue weighted by molar-refractivity contribution is 0.277. The number of hydrogen-bond acceptors (Lipinski definition) is 4. The maximum Gasteiger partial charge on any atom is 0.190 e. The number of aryl methyl sites for hydroxylation is 2. The van der Waals surface area contributed by atoms with Gasteiger partial charge in [0.05, 0.1) is 0 Å². The number of hydrogen-bond donors (Lipinski definition) is 2. The Hall–Kier alpha value is -2.59. The Labute approximate surface area is 166 Å². The zero-order valence-electron chi connectivity index (χ0n) is 16.7. The second-order valence-electron chi connectivity index (χ2n) is 7.67. The number of nitrogens with zero attached hydrogens (tertiary/aromatic N) is 1. The van der Waals surface area contributed by atoms with Crippen LogP contribution in [0.3, 0.4) is 0 Å². The number of rotatable bonds is 6. The standard InChI is InChI=1S/C24H28N2O2/c1-16-23(25-2)24(28-26-16)19-10-8-17(9-11-19)20-12-13-22-18(7-4-14-27)5-3-6-21(22)15-20/h8-13,15,18,25,27H,3-7,14H2,1-2H3. The molecule has 2 N–H and O–H groups in total. The van der Waals surface area contributed by atoms with Crippen molar-refractivity contribution in [2.45, 2.75) is 44.9 Å². The maximum absolute atomic E-state index is 9.16. The number of nitrogens with one attached hydrogen (secondary N) is 1. The average molecular weight is 377 g/mol. The molecule has 1 heterocycles. The first kappa shape index (κ1) is 18.8. The first-order valence-corrected chi connectivity index (χ1v) is 10.2. The van der Waals surface area contributed by atoms with Gasteiger partial charge in [0.2, 0.25) is 0 Å². The second-order valence-corrected chi connectivity index (χ2v) is 7.67. The van der Waals surface area contributed by atoms with Crippen molar-refractivity contribution in [1.29, 1.82) is 0 Å². The normalized spacial score (nSPS) is 16.0. The smallest absolute Gasteiger partial charge is 0.190 e. The number of aliphatic hydroxyl groups excluding tert-OH is 1. The van der Waals surface area contributed by atoms with Gasteiger partial charge in [-0.05, 0) is 67.2 Å². The maximum atomic E-state index is 9.16. The highest BCUT2D eigenvalue weighted by atomic mass is 16.5. The monoisotopic (exact) mass is 376 g/mol. The number of aromatic nitrogens is 1. The Morgan fingerprint density at radius 1 is 1.11 bits per heavy atom. The summed E-state index contributed by atoms with van der Waals surface area (Å²) in [6, 6.07) is 15.4. The summed E-state index contributed by atoms with van der Waals surface area (Å²) in [6.45, 7) is 2.23. The van der Waals surface area contributed by atoms with E-state index in [1.807, 2.05) is 14.0 Å². The molecule has 0 amide bonds. The molecule has 0 saturated heterocycles. The summed E-state index contributed by atoms with van der Waals surface area (Å²) in [5.41, 5.74) is 8.26. The van der Waals surface area contributed by atoms with Gasteiger partial charge >= 0.3 is 0 Å². The molecule has 1 atom stereocenters. The van der Waals surface area contributed by atoms with Crippen LogP contribution in [0.5, 0.6) is 0 Å². The summed E-state index contributed by atoms with van der Waals surface area (Å²) in [7, 11) is 1.89. The fraction of sp³-hybridized carbons (Fsp3) is 0.375. The Morgan fingerprint density at radius 3 is 2.61 bits per heavy atom. The molecule has 1 unspecified atom stereocenters. The van der Waals surface area contributed by atoms with Crippen molar-refractivity contribution in [2.75, 3.05) is 19.0 Å². The van der Waals surface area contributed by atoms with Gasteiger partial charge in [-0.15, -0.1) is 0 Å².